The number of carbonyl (C=O) groups excluding carboxylic acids is 1. The Balaban J connectivity index is 2.66. The molecule has 0 bridgehead atoms. The first-order valence-electron chi connectivity index (χ1n) is 5.32. The minimum atomic E-state index is -2.96. The Kier molecular flexibility index (Phi) is 4.93. The number of aromatic nitrogens is 2. The van der Waals surface area contributed by atoms with Crippen LogP contribution in [0, 0.1) is 0 Å². The Morgan fingerprint density at radius 3 is 2.68 bits per heavy atom. The highest BCUT2D eigenvalue weighted by molar-refractivity contribution is 5.75. The fourth-order valence-electron chi connectivity index (χ4n) is 1.25. The summed E-state index contributed by atoms with van der Waals surface area (Å²) in [5.41, 5.74) is -1.22. The Labute approximate surface area is 106 Å². The second-order valence-corrected chi connectivity index (χ2v) is 3.83. The number of amides is 1. The summed E-state index contributed by atoms with van der Waals surface area (Å²) in [5.74, 6) is -0.722. The number of halogens is 2. The lowest BCUT2D eigenvalue weighted by Crippen LogP contribution is -2.42. The number of aliphatic hydroxyl groups is 1. The maximum absolute atomic E-state index is 12.0. The van der Waals surface area contributed by atoms with E-state index in [-0.39, 0.29) is 0 Å². The molecule has 106 valence electrons. The van der Waals surface area contributed by atoms with Crippen molar-refractivity contribution in [2.75, 3.05) is 6.54 Å². The SMILES string of the molecule is Cn1c(=O)ccn(CC(=O)NCC(O)C(F)F)c1=O. The van der Waals surface area contributed by atoms with E-state index in [9.17, 15) is 23.2 Å². The predicted molar refractivity (Wildman–Crippen MR) is 61.0 cm³/mol. The van der Waals surface area contributed by atoms with Gasteiger partial charge in [0.2, 0.25) is 5.91 Å². The number of hydrogen-bond acceptors (Lipinski definition) is 4. The normalized spacial score (nSPS) is 12.5. The molecule has 1 aromatic heterocycles. The van der Waals surface area contributed by atoms with E-state index >= 15 is 0 Å². The standard InChI is InChI=1S/C10H13F2N3O4/c1-14-8(18)2-3-15(10(14)19)5-7(17)13-4-6(16)9(11)12/h2-3,6,9,16H,4-5H2,1H3,(H,13,17). The van der Waals surface area contributed by atoms with Crippen molar-refractivity contribution in [2.45, 2.75) is 19.1 Å². The highest BCUT2D eigenvalue weighted by Gasteiger charge is 2.17. The molecule has 9 heteroatoms. The highest BCUT2D eigenvalue weighted by Crippen LogP contribution is 1.98. The van der Waals surface area contributed by atoms with Crippen LogP contribution in [0.3, 0.4) is 0 Å². The fourth-order valence-corrected chi connectivity index (χ4v) is 1.25. The quantitative estimate of drug-likeness (QED) is 0.670. The van der Waals surface area contributed by atoms with Crippen LogP contribution in [0.5, 0.6) is 0 Å². The first-order chi connectivity index (χ1) is 8.82. The molecular formula is C10H13F2N3O4. The summed E-state index contributed by atoms with van der Waals surface area (Å²) in [4.78, 5) is 34.0. The molecule has 1 aromatic rings. The Morgan fingerprint density at radius 2 is 2.11 bits per heavy atom. The van der Waals surface area contributed by atoms with Crippen molar-refractivity contribution in [2.24, 2.45) is 7.05 Å². The molecule has 1 unspecified atom stereocenters. The largest absolute Gasteiger partial charge is 0.385 e. The number of alkyl halides is 2. The van der Waals surface area contributed by atoms with Crippen LogP contribution in [-0.2, 0) is 18.4 Å². The van der Waals surface area contributed by atoms with Gasteiger partial charge in [0.1, 0.15) is 12.6 Å². The van der Waals surface area contributed by atoms with Gasteiger partial charge < -0.3 is 10.4 Å². The summed E-state index contributed by atoms with van der Waals surface area (Å²) in [6.45, 7) is -1.04. The lowest BCUT2D eigenvalue weighted by Gasteiger charge is -2.11. The van der Waals surface area contributed by atoms with E-state index in [1.165, 1.54) is 7.05 Å². The van der Waals surface area contributed by atoms with Crippen molar-refractivity contribution in [1.82, 2.24) is 14.5 Å². The van der Waals surface area contributed by atoms with E-state index in [1.807, 2.05) is 0 Å². The smallest absolute Gasteiger partial charge is 0.331 e. The van der Waals surface area contributed by atoms with Crippen molar-refractivity contribution >= 4 is 5.91 Å². The van der Waals surface area contributed by atoms with E-state index in [1.54, 1.807) is 0 Å². The lowest BCUT2D eigenvalue weighted by molar-refractivity contribution is -0.122. The van der Waals surface area contributed by atoms with Crippen LogP contribution in [0.25, 0.3) is 0 Å². The minimum Gasteiger partial charge on any atom is -0.385 e. The summed E-state index contributed by atoms with van der Waals surface area (Å²) in [6.07, 6.45) is -3.78. The Hall–Kier alpha value is -2.03. The summed E-state index contributed by atoms with van der Waals surface area (Å²) in [5, 5.41) is 10.9. The van der Waals surface area contributed by atoms with Crippen LogP contribution in [0.15, 0.2) is 21.9 Å². The zero-order valence-electron chi connectivity index (χ0n) is 10.0. The second kappa shape index (κ2) is 6.23. The van der Waals surface area contributed by atoms with E-state index < -0.39 is 42.8 Å². The maximum atomic E-state index is 12.0. The third kappa shape index (κ3) is 3.98. The van der Waals surface area contributed by atoms with Gasteiger partial charge >= 0.3 is 5.69 Å². The predicted octanol–water partition coefficient (Wildman–Crippen LogP) is -1.71. The molecule has 1 atom stereocenters. The monoisotopic (exact) mass is 277 g/mol. The minimum absolute atomic E-state index is 0.428. The Morgan fingerprint density at radius 1 is 1.47 bits per heavy atom. The molecule has 1 heterocycles. The van der Waals surface area contributed by atoms with E-state index in [0.29, 0.717) is 0 Å². The van der Waals surface area contributed by atoms with Crippen molar-refractivity contribution in [3.63, 3.8) is 0 Å². The van der Waals surface area contributed by atoms with Crippen molar-refractivity contribution < 1.29 is 18.7 Å². The van der Waals surface area contributed by atoms with Gasteiger partial charge in [0.05, 0.1) is 0 Å². The summed E-state index contributed by atoms with van der Waals surface area (Å²) < 4.78 is 25.7. The molecule has 0 aromatic carbocycles. The number of rotatable bonds is 5. The summed E-state index contributed by atoms with van der Waals surface area (Å²) >= 11 is 0. The van der Waals surface area contributed by atoms with Gasteiger partial charge in [-0.15, -0.1) is 0 Å². The van der Waals surface area contributed by atoms with Gasteiger partial charge in [-0.05, 0) is 0 Å². The molecule has 2 N–H and O–H groups in total. The van der Waals surface area contributed by atoms with Crippen LogP contribution in [0.4, 0.5) is 8.78 Å². The van der Waals surface area contributed by atoms with Crippen molar-refractivity contribution in [3.05, 3.63) is 33.1 Å². The van der Waals surface area contributed by atoms with Crippen LogP contribution in [-0.4, -0.2) is 39.2 Å². The maximum Gasteiger partial charge on any atom is 0.331 e. The summed E-state index contributed by atoms with van der Waals surface area (Å²) in [7, 11) is 1.25. The van der Waals surface area contributed by atoms with Gasteiger partial charge in [0.15, 0.2) is 0 Å². The molecule has 0 aliphatic rings. The Bertz CT molecular complexity index is 567. The van der Waals surface area contributed by atoms with E-state index in [2.05, 4.69) is 5.32 Å². The zero-order valence-corrected chi connectivity index (χ0v) is 10.0. The van der Waals surface area contributed by atoms with Gasteiger partial charge in [-0.3, -0.25) is 18.7 Å². The molecule has 0 fully saturated rings. The van der Waals surface area contributed by atoms with Gasteiger partial charge in [0, 0.05) is 25.9 Å². The number of carbonyl (C=O) groups is 1. The first kappa shape index (κ1) is 15.0. The van der Waals surface area contributed by atoms with Gasteiger partial charge in [-0.25, -0.2) is 13.6 Å². The lowest BCUT2D eigenvalue weighted by atomic mass is 10.3. The molecule has 1 amide bonds. The molecular weight excluding hydrogens is 264 g/mol. The van der Waals surface area contributed by atoms with Crippen LogP contribution < -0.4 is 16.6 Å². The van der Waals surface area contributed by atoms with Crippen molar-refractivity contribution in [1.29, 1.82) is 0 Å². The molecule has 0 aliphatic carbocycles. The highest BCUT2D eigenvalue weighted by atomic mass is 19.3. The topological polar surface area (TPSA) is 93.3 Å². The fraction of sp³-hybridized carbons (Fsp3) is 0.500. The van der Waals surface area contributed by atoms with Crippen LogP contribution in [0.1, 0.15) is 0 Å². The first-order valence-corrected chi connectivity index (χ1v) is 5.32. The zero-order chi connectivity index (χ0) is 14.6. The van der Waals surface area contributed by atoms with Gasteiger partial charge in [-0.1, -0.05) is 0 Å². The molecule has 1 rings (SSSR count). The summed E-state index contributed by atoms with van der Waals surface area (Å²) in [6, 6.07) is 1.10. The molecule has 0 spiro atoms. The molecule has 0 aliphatic heterocycles. The van der Waals surface area contributed by atoms with Crippen LogP contribution in [0.2, 0.25) is 0 Å². The molecule has 0 radical (unpaired) electrons. The van der Waals surface area contributed by atoms with E-state index in [4.69, 9.17) is 5.11 Å². The molecule has 19 heavy (non-hydrogen) atoms. The second-order valence-electron chi connectivity index (χ2n) is 3.83. The van der Waals surface area contributed by atoms with E-state index in [0.717, 1.165) is 21.4 Å². The number of nitrogens with one attached hydrogen (secondary N) is 1. The average Bonchev–Trinajstić information content (AvgIpc) is 2.36. The molecule has 0 saturated heterocycles. The average molecular weight is 277 g/mol. The number of hydrogen-bond donors (Lipinski definition) is 2. The number of nitrogens with zero attached hydrogens (tertiary/aromatic N) is 2. The van der Waals surface area contributed by atoms with Crippen LogP contribution >= 0.6 is 0 Å². The molecule has 0 saturated carbocycles. The third-order valence-corrected chi connectivity index (χ3v) is 2.37. The van der Waals surface area contributed by atoms with Gasteiger partial charge in [0.25, 0.3) is 12.0 Å². The molecule has 7 nitrogen and oxygen atoms in total. The van der Waals surface area contributed by atoms with Crippen molar-refractivity contribution in [3.8, 4) is 0 Å². The van der Waals surface area contributed by atoms with Gasteiger partial charge in [-0.2, -0.15) is 0 Å². The third-order valence-electron chi connectivity index (χ3n) is 2.37. The number of aliphatic hydroxyl groups excluding tert-OH is 1.